The number of hydrogen-bond donors (Lipinski definition) is 2. The lowest BCUT2D eigenvalue weighted by atomic mass is 10.1. The molecular weight excluding hydrogens is 188 g/mol. The fraction of sp³-hybridized carbons (Fsp3) is 0.727. The van der Waals surface area contributed by atoms with Crippen molar-refractivity contribution in [3.63, 3.8) is 0 Å². The van der Waals surface area contributed by atoms with Crippen LogP contribution in [0.25, 0.3) is 0 Å². The molecule has 4 heteroatoms. The van der Waals surface area contributed by atoms with Gasteiger partial charge in [0.2, 0.25) is 0 Å². The second-order valence-corrected chi connectivity index (χ2v) is 4.43. The van der Waals surface area contributed by atoms with Crippen molar-refractivity contribution in [2.24, 2.45) is 5.92 Å². The molecule has 1 aromatic heterocycles. The van der Waals surface area contributed by atoms with Crippen LogP contribution in [0.2, 0.25) is 0 Å². The van der Waals surface area contributed by atoms with Gasteiger partial charge in [0.15, 0.2) is 5.95 Å². The fourth-order valence-electron chi connectivity index (χ4n) is 2.10. The molecule has 0 saturated carbocycles. The van der Waals surface area contributed by atoms with Crippen LogP contribution in [0.5, 0.6) is 0 Å². The van der Waals surface area contributed by atoms with Gasteiger partial charge in [-0.25, -0.2) is 4.98 Å². The summed E-state index contributed by atoms with van der Waals surface area (Å²) in [5, 5.41) is 3.31. The third-order valence-corrected chi connectivity index (χ3v) is 2.88. The molecule has 0 aromatic carbocycles. The average Bonchev–Trinajstić information content (AvgIpc) is 2.86. The first-order valence-electron chi connectivity index (χ1n) is 5.80. The highest BCUT2D eigenvalue weighted by Crippen LogP contribution is 2.10. The predicted octanol–water partition coefficient (Wildman–Crippen LogP) is 1.55. The molecule has 15 heavy (non-hydrogen) atoms. The van der Waals surface area contributed by atoms with E-state index in [1.54, 1.807) is 6.20 Å². The van der Waals surface area contributed by atoms with E-state index in [-0.39, 0.29) is 0 Å². The number of H-pyrrole nitrogens is 1. The summed E-state index contributed by atoms with van der Waals surface area (Å²) in [6, 6.07) is 0. The van der Waals surface area contributed by atoms with E-state index in [1.165, 1.54) is 32.5 Å². The van der Waals surface area contributed by atoms with E-state index in [1.807, 2.05) is 6.20 Å². The molecule has 0 bridgehead atoms. The van der Waals surface area contributed by atoms with Crippen LogP contribution in [-0.2, 0) is 0 Å². The number of likely N-dealkylation sites (tertiary alicyclic amines) is 1. The third-order valence-electron chi connectivity index (χ3n) is 2.88. The first-order chi connectivity index (χ1) is 7.34. The van der Waals surface area contributed by atoms with Crippen molar-refractivity contribution in [2.45, 2.75) is 19.8 Å². The van der Waals surface area contributed by atoms with Crippen LogP contribution in [0.15, 0.2) is 12.4 Å². The molecule has 2 heterocycles. The Morgan fingerprint density at radius 3 is 3.00 bits per heavy atom. The van der Waals surface area contributed by atoms with Crippen LogP contribution in [0.1, 0.15) is 19.8 Å². The van der Waals surface area contributed by atoms with Crippen molar-refractivity contribution in [2.75, 3.05) is 31.5 Å². The van der Waals surface area contributed by atoms with Crippen molar-refractivity contribution in [1.29, 1.82) is 0 Å². The lowest BCUT2D eigenvalue weighted by molar-refractivity contribution is 0.294. The number of hydrogen-bond acceptors (Lipinski definition) is 3. The number of nitrogens with zero attached hydrogens (tertiary/aromatic N) is 2. The van der Waals surface area contributed by atoms with Gasteiger partial charge in [0, 0.05) is 25.5 Å². The second-order valence-electron chi connectivity index (χ2n) is 4.43. The zero-order valence-electron chi connectivity index (χ0n) is 9.37. The third kappa shape index (κ3) is 3.23. The molecule has 2 N–H and O–H groups in total. The van der Waals surface area contributed by atoms with Gasteiger partial charge in [-0.15, -0.1) is 0 Å². The molecule has 1 aliphatic rings. The standard InChI is InChI=1S/C11H20N4/c1-10(9-15-6-2-3-7-15)8-14-11-12-4-5-13-11/h4-5,10H,2-3,6-9H2,1H3,(H2,12,13,14). The lowest BCUT2D eigenvalue weighted by Gasteiger charge is -2.20. The summed E-state index contributed by atoms with van der Waals surface area (Å²) in [5.41, 5.74) is 0. The molecule has 1 aliphatic heterocycles. The molecule has 2 rings (SSSR count). The lowest BCUT2D eigenvalue weighted by Crippen LogP contribution is -2.29. The normalized spacial score (nSPS) is 19.3. The van der Waals surface area contributed by atoms with Gasteiger partial charge < -0.3 is 15.2 Å². The van der Waals surface area contributed by atoms with E-state index in [2.05, 4.69) is 27.1 Å². The van der Waals surface area contributed by atoms with E-state index in [9.17, 15) is 0 Å². The van der Waals surface area contributed by atoms with Gasteiger partial charge >= 0.3 is 0 Å². The summed E-state index contributed by atoms with van der Waals surface area (Å²) >= 11 is 0. The van der Waals surface area contributed by atoms with Gasteiger partial charge in [-0.1, -0.05) is 6.92 Å². The molecule has 0 spiro atoms. The van der Waals surface area contributed by atoms with Crippen LogP contribution >= 0.6 is 0 Å². The first kappa shape index (κ1) is 10.5. The first-order valence-corrected chi connectivity index (χ1v) is 5.80. The summed E-state index contributed by atoms with van der Waals surface area (Å²) in [4.78, 5) is 9.74. The van der Waals surface area contributed by atoms with Gasteiger partial charge in [-0.3, -0.25) is 0 Å². The highest BCUT2D eigenvalue weighted by atomic mass is 15.1. The van der Waals surface area contributed by atoms with Crippen molar-refractivity contribution in [3.8, 4) is 0 Å². The maximum absolute atomic E-state index is 4.14. The Morgan fingerprint density at radius 2 is 2.33 bits per heavy atom. The molecule has 0 amide bonds. The summed E-state index contributed by atoms with van der Waals surface area (Å²) in [6.45, 7) is 7.04. The number of anilines is 1. The van der Waals surface area contributed by atoms with Gasteiger partial charge in [-0.2, -0.15) is 0 Å². The van der Waals surface area contributed by atoms with Crippen LogP contribution in [0, 0.1) is 5.92 Å². The quantitative estimate of drug-likeness (QED) is 0.771. The minimum atomic E-state index is 0.674. The molecule has 1 saturated heterocycles. The van der Waals surface area contributed by atoms with Gasteiger partial charge in [0.25, 0.3) is 0 Å². The number of nitrogens with one attached hydrogen (secondary N) is 2. The molecule has 4 nitrogen and oxygen atoms in total. The molecule has 1 atom stereocenters. The Bertz CT molecular complexity index is 264. The predicted molar refractivity (Wildman–Crippen MR) is 61.9 cm³/mol. The second kappa shape index (κ2) is 5.16. The van der Waals surface area contributed by atoms with Crippen LogP contribution in [-0.4, -0.2) is 41.0 Å². The summed E-state index contributed by atoms with van der Waals surface area (Å²) in [7, 11) is 0. The van der Waals surface area contributed by atoms with Crippen molar-refractivity contribution >= 4 is 5.95 Å². The molecular formula is C11H20N4. The molecule has 0 aliphatic carbocycles. The average molecular weight is 208 g/mol. The maximum atomic E-state index is 4.14. The molecule has 1 unspecified atom stereocenters. The highest BCUT2D eigenvalue weighted by molar-refractivity contribution is 5.22. The zero-order chi connectivity index (χ0) is 10.5. The molecule has 0 radical (unpaired) electrons. The van der Waals surface area contributed by atoms with E-state index in [0.29, 0.717) is 5.92 Å². The SMILES string of the molecule is CC(CNc1ncc[nH]1)CN1CCCC1. The van der Waals surface area contributed by atoms with Gasteiger partial charge in [0.1, 0.15) is 0 Å². The van der Waals surface area contributed by atoms with Crippen LogP contribution in [0.3, 0.4) is 0 Å². The minimum absolute atomic E-state index is 0.674. The van der Waals surface area contributed by atoms with E-state index >= 15 is 0 Å². The van der Waals surface area contributed by atoms with E-state index in [0.717, 1.165) is 12.5 Å². The number of rotatable bonds is 5. The van der Waals surface area contributed by atoms with Gasteiger partial charge in [-0.05, 0) is 31.8 Å². The van der Waals surface area contributed by atoms with Crippen molar-refractivity contribution in [1.82, 2.24) is 14.9 Å². The van der Waals surface area contributed by atoms with Gasteiger partial charge in [0.05, 0.1) is 0 Å². The number of aromatic amines is 1. The van der Waals surface area contributed by atoms with E-state index < -0.39 is 0 Å². The molecule has 84 valence electrons. The Balaban J connectivity index is 1.66. The summed E-state index contributed by atoms with van der Waals surface area (Å²) in [5.74, 6) is 1.55. The van der Waals surface area contributed by atoms with E-state index in [4.69, 9.17) is 0 Å². The summed E-state index contributed by atoms with van der Waals surface area (Å²) < 4.78 is 0. The van der Waals surface area contributed by atoms with Crippen molar-refractivity contribution < 1.29 is 0 Å². The van der Waals surface area contributed by atoms with Crippen molar-refractivity contribution in [3.05, 3.63) is 12.4 Å². The number of imidazole rings is 1. The Labute approximate surface area is 91.1 Å². The smallest absolute Gasteiger partial charge is 0.200 e. The molecule has 1 fully saturated rings. The Morgan fingerprint density at radius 1 is 1.53 bits per heavy atom. The molecule has 1 aromatic rings. The number of aromatic nitrogens is 2. The Kier molecular flexibility index (Phi) is 3.61. The zero-order valence-corrected chi connectivity index (χ0v) is 9.37. The largest absolute Gasteiger partial charge is 0.356 e. The fourth-order valence-corrected chi connectivity index (χ4v) is 2.10. The van der Waals surface area contributed by atoms with Crippen LogP contribution in [0.4, 0.5) is 5.95 Å². The topological polar surface area (TPSA) is 44.0 Å². The maximum Gasteiger partial charge on any atom is 0.200 e. The van der Waals surface area contributed by atoms with Crippen LogP contribution < -0.4 is 5.32 Å². The summed E-state index contributed by atoms with van der Waals surface area (Å²) in [6.07, 6.45) is 6.36. The minimum Gasteiger partial charge on any atom is -0.356 e. The monoisotopic (exact) mass is 208 g/mol. The Hall–Kier alpha value is -1.03. The highest BCUT2D eigenvalue weighted by Gasteiger charge is 2.14.